The van der Waals surface area contributed by atoms with Crippen molar-refractivity contribution in [3.05, 3.63) is 35.9 Å². The number of carbonyl (C=O) groups excluding carboxylic acids is 1. The first kappa shape index (κ1) is 15.5. The number of aliphatic hydroxyl groups excluding tert-OH is 1. The Morgan fingerprint density at radius 3 is 2.77 bits per heavy atom. The summed E-state index contributed by atoms with van der Waals surface area (Å²) in [6, 6.07) is 10.1. The maximum atomic E-state index is 12.8. The molecule has 1 amide bonds. The van der Waals surface area contributed by atoms with E-state index in [0.29, 0.717) is 6.04 Å². The van der Waals surface area contributed by atoms with Gasteiger partial charge in [0.2, 0.25) is 5.91 Å². The van der Waals surface area contributed by atoms with Gasteiger partial charge in [-0.3, -0.25) is 9.69 Å². The third kappa shape index (κ3) is 3.50. The number of hydrogen-bond donors (Lipinski definition) is 2. The van der Waals surface area contributed by atoms with Gasteiger partial charge in [-0.25, -0.2) is 0 Å². The van der Waals surface area contributed by atoms with Crippen LogP contribution in [-0.4, -0.2) is 41.7 Å². The smallest absolute Gasteiger partial charge is 0.242 e. The van der Waals surface area contributed by atoms with Crippen LogP contribution in [0.4, 0.5) is 0 Å². The summed E-state index contributed by atoms with van der Waals surface area (Å²) in [6.45, 7) is 3.96. The molecule has 2 aliphatic rings. The quantitative estimate of drug-likeness (QED) is 0.876. The van der Waals surface area contributed by atoms with E-state index in [1.807, 2.05) is 30.3 Å². The van der Waals surface area contributed by atoms with E-state index in [4.69, 9.17) is 0 Å². The van der Waals surface area contributed by atoms with Gasteiger partial charge < -0.3 is 10.4 Å². The summed E-state index contributed by atoms with van der Waals surface area (Å²) in [7, 11) is 0. The summed E-state index contributed by atoms with van der Waals surface area (Å²) in [6.07, 6.45) is 4.24. The maximum Gasteiger partial charge on any atom is 0.242 e. The van der Waals surface area contributed by atoms with Crippen LogP contribution in [0.2, 0.25) is 0 Å². The highest BCUT2D eigenvalue weighted by Gasteiger charge is 2.38. The fraction of sp³-hybridized carbons (Fsp3) is 0.611. The molecule has 1 heterocycles. The molecule has 1 aliphatic carbocycles. The number of aliphatic hydroxyl groups is 1. The Morgan fingerprint density at radius 1 is 1.41 bits per heavy atom. The van der Waals surface area contributed by atoms with E-state index in [-0.39, 0.29) is 24.0 Å². The second kappa shape index (κ2) is 6.39. The summed E-state index contributed by atoms with van der Waals surface area (Å²) >= 11 is 0. The number of likely N-dealkylation sites (tertiary alicyclic amines) is 1. The average molecular weight is 302 g/mol. The highest BCUT2D eigenvalue weighted by molar-refractivity contribution is 5.83. The zero-order valence-corrected chi connectivity index (χ0v) is 13.3. The van der Waals surface area contributed by atoms with Crippen LogP contribution in [0.1, 0.15) is 44.2 Å². The molecule has 2 unspecified atom stereocenters. The van der Waals surface area contributed by atoms with Crippen LogP contribution in [0.5, 0.6) is 0 Å². The number of carbonyl (C=O) groups is 1. The van der Waals surface area contributed by atoms with Crippen LogP contribution in [0.15, 0.2) is 30.3 Å². The first-order valence-corrected chi connectivity index (χ1v) is 8.31. The molecular formula is C18H26N2O2. The van der Waals surface area contributed by atoms with Crippen LogP contribution >= 0.6 is 0 Å². The molecule has 1 aliphatic heterocycles. The van der Waals surface area contributed by atoms with Gasteiger partial charge in [0.25, 0.3) is 0 Å². The van der Waals surface area contributed by atoms with Crippen molar-refractivity contribution < 1.29 is 9.90 Å². The van der Waals surface area contributed by atoms with Crippen molar-refractivity contribution in [2.45, 2.75) is 44.7 Å². The van der Waals surface area contributed by atoms with E-state index in [1.54, 1.807) is 0 Å². The SMILES string of the molecule is CC1(CO)CCCN(C(C(=O)NC2CC2)c2ccccc2)C1. The Balaban J connectivity index is 1.82. The minimum Gasteiger partial charge on any atom is -0.396 e. The van der Waals surface area contributed by atoms with Crippen molar-refractivity contribution in [1.82, 2.24) is 10.2 Å². The Kier molecular flexibility index (Phi) is 4.50. The summed E-state index contributed by atoms with van der Waals surface area (Å²) in [5, 5.41) is 12.8. The molecule has 2 atom stereocenters. The van der Waals surface area contributed by atoms with Crippen molar-refractivity contribution in [3.8, 4) is 0 Å². The third-order valence-electron chi connectivity index (χ3n) is 4.84. The summed E-state index contributed by atoms with van der Waals surface area (Å²) in [5.74, 6) is 0.107. The average Bonchev–Trinajstić information content (AvgIpc) is 3.33. The van der Waals surface area contributed by atoms with Gasteiger partial charge in [-0.15, -0.1) is 0 Å². The number of amides is 1. The van der Waals surface area contributed by atoms with E-state index in [1.165, 1.54) is 0 Å². The number of nitrogens with one attached hydrogen (secondary N) is 1. The van der Waals surface area contributed by atoms with E-state index in [0.717, 1.165) is 44.3 Å². The van der Waals surface area contributed by atoms with Crippen molar-refractivity contribution in [1.29, 1.82) is 0 Å². The number of rotatable bonds is 5. The van der Waals surface area contributed by atoms with E-state index in [2.05, 4.69) is 17.1 Å². The molecule has 0 radical (unpaired) electrons. The Labute approximate surface area is 132 Å². The molecular weight excluding hydrogens is 276 g/mol. The standard InChI is InChI=1S/C18H26N2O2/c1-18(13-21)10-5-11-20(12-18)16(14-6-3-2-4-7-14)17(22)19-15-8-9-15/h2-4,6-7,15-16,21H,5,8-13H2,1H3,(H,19,22). The highest BCUT2D eigenvalue weighted by atomic mass is 16.3. The lowest BCUT2D eigenvalue weighted by atomic mass is 9.81. The van der Waals surface area contributed by atoms with Crippen LogP contribution in [-0.2, 0) is 4.79 Å². The number of benzene rings is 1. The van der Waals surface area contributed by atoms with Gasteiger partial charge in [0.1, 0.15) is 6.04 Å². The summed E-state index contributed by atoms with van der Waals surface area (Å²) in [5.41, 5.74) is 0.938. The second-order valence-electron chi connectivity index (χ2n) is 7.14. The lowest BCUT2D eigenvalue weighted by Crippen LogP contribution is -2.49. The predicted molar refractivity (Wildman–Crippen MR) is 86.3 cm³/mol. The van der Waals surface area contributed by atoms with Crippen molar-refractivity contribution in [3.63, 3.8) is 0 Å². The van der Waals surface area contributed by atoms with E-state index in [9.17, 15) is 9.90 Å². The molecule has 1 aromatic rings. The van der Waals surface area contributed by atoms with Crippen LogP contribution < -0.4 is 5.32 Å². The molecule has 0 spiro atoms. The van der Waals surface area contributed by atoms with Crippen molar-refractivity contribution in [2.24, 2.45) is 5.41 Å². The third-order valence-corrected chi connectivity index (χ3v) is 4.84. The van der Waals surface area contributed by atoms with Gasteiger partial charge in [-0.2, -0.15) is 0 Å². The molecule has 1 aromatic carbocycles. The Morgan fingerprint density at radius 2 is 2.14 bits per heavy atom. The minimum atomic E-state index is -0.243. The van der Waals surface area contributed by atoms with Crippen LogP contribution in [0.25, 0.3) is 0 Å². The van der Waals surface area contributed by atoms with E-state index < -0.39 is 0 Å². The lowest BCUT2D eigenvalue weighted by Gasteiger charge is -2.42. The van der Waals surface area contributed by atoms with Crippen LogP contribution in [0.3, 0.4) is 0 Å². The number of hydrogen-bond acceptors (Lipinski definition) is 3. The maximum absolute atomic E-state index is 12.8. The highest BCUT2D eigenvalue weighted by Crippen LogP contribution is 2.34. The molecule has 3 rings (SSSR count). The normalized spacial score (nSPS) is 27.4. The molecule has 22 heavy (non-hydrogen) atoms. The molecule has 1 saturated heterocycles. The predicted octanol–water partition coefficient (Wildman–Crippen LogP) is 2.10. The van der Waals surface area contributed by atoms with E-state index >= 15 is 0 Å². The topological polar surface area (TPSA) is 52.6 Å². The van der Waals surface area contributed by atoms with Gasteiger partial charge in [0.05, 0.1) is 0 Å². The van der Waals surface area contributed by atoms with Gasteiger partial charge in [-0.1, -0.05) is 37.3 Å². The molecule has 0 aromatic heterocycles. The molecule has 120 valence electrons. The zero-order chi connectivity index (χ0) is 15.6. The second-order valence-corrected chi connectivity index (χ2v) is 7.14. The molecule has 1 saturated carbocycles. The summed E-state index contributed by atoms with van der Waals surface area (Å²) in [4.78, 5) is 15.0. The lowest BCUT2D eigenvalue weighted by molar-refractivity contribution is -0.128. The Hall–Kier alpha value is -1.39. The fourth-order valence-corrected chi connectivity index (χ4v) is 3.38. The molecule has 4 heteroatoms. The van der Waals surface area contributed by atoms with Crippen LogP contribution in [0, 0.1) is 5.41 Å². The zero-order valence-electron chi connectivity index (χ0n) is 13.3. The van der Waals surface area contributed by atoms with Gasteiger partial charge in [0, 0.05) is 24.6 Å². The number of piperidine rings is 1. The van der Waals surface area contributed by atoms with Crippen molar-refractivity contribution >= 4 is 5.91 Å². The van der Waals surface area contributed by atoms with Gasteiger partial charge in [-0.05, 0) is 37.8 Å². The fourth-order valence-electron chi connectivity index (χ4n) is 3.38. The van der Waals surface area contributed by atoms with Crippen molar-refractivity contribution in [2.75, 3.05) is 19.7 Å². The molecule has 4 nitrogen and oxygen atoms in total. The molecule has 2 N–H and O–H groups in total. The monoisotopic (exact) mass is 302 g/mol. The summed E-state index contributed by atoms with van der Waals surface area (Å²) < 4.78 is 0. The first-order chi connectivity index (χ1) is 10.6. The van der Waals surface area contributed by atoms with Gasteiger partial charge in [0.15, 0.2) is 0 Å². The largest absolute Gasteiger partial charge is 0.396 e. The minimum absolute atomic E-state index is 0.106. The van der Waals surface area contributed by atoms with Gasteiger partial charge >= 0.3 is 0 Å². The molecule has 2 fully saturated rings. The number of nitrogens with zero attached hydrogens (tertiary/aromatic N) is 1. The molecule has 0 bridgehead atoms. The first-order valence-electron chi connectivity index (χ1n) is 8.31. The Bertz CT molecular complexity index is 515.